The summed E-state index contributed by atoms with van der Waals surface area (Å²) < 4.78 is 0. The number of nitrogens with one attached hydrogen (secondary N) is 2. The lowest BCUT2D eigenvalue weighted by Crippen LogP contribution is -2.25. The zero-order chi connectivity index (χ0) is 10.8. The van der Waals surface area contributed by atoms with E-state index in [1.54, 1.807) is 0 Å². The van der Waals surface area contributed by atoms with E-state index in [1.807, 2.05) is 24.8 Å². The Hall–Kier alpha value is -2.10. The fourth-order valence-corrected chi connectivity index (χ4v) is 1.99. The van der Waals surface area contributed by atoms with E-state index in [4.69, 9.17) is 0 Å². The second kappa shape index (κ2) is 3.81. The Bertz CT molecular complexity index is 616. The molecule has 4 nitrogen and oxygen atoms in total. The summed E-state index contributed by atoms with van der Waals surface area (Å²) in [5.41, 5.74) is 3.36. The summed E-state index contributed by atoms with van der Waals surface area (Å²) in [4.78, 5) is 7.53. The van der Waals surface area contributed by atoms with Gasteiger partial charge in [0.25, 0.3) is 0 Å². The van der Waals surface area contributed by atoms with Crippen LogP contribution in [0.25, 0.3) is 5.57 Å². The molecule has 1 aliphatic rings. The van der Waals surface area contributed by atoms with Crippen LogP contribution < -0.4 is 10.7 Å². The van der Waals surface area contributed by atoms with Crippen molar-refractivity contribution in [2.75, 3.05) is 0 Å². The van der Waals surface area contributed by atoms with E-state index in [-0.39, 0.29) is 0 Å². The third kappa shape index (κ3) is 1.48. The average Bonchev–Trinajstić information content (AvgIpc) is 2.90. The van der Waals surface area contributed by atoms with Crippen LogP contribution in [0.15, 0.2) is 41.9 Å². The zero-order valence-electron chi connectivity index (χ0n) is 8.77. The van der Waals surface area contributed by atoms with E-state index >= 15 is 0 Å². The molecule has 0 aromatic carbocycles. The molecule has 0 aliphatic carbocycles. The van der Waals surface area contributed by atoms with Crippen molar-refractivity contribution in [2.45, 2.75) is 12.8 Å². The molecule has 0 fully saturated rings. The van der Waals surface area contributed by atoms with E-state index in [0.29, 0.717) is 0 Å². The molecule has 0 radical (unpaired) electrons. The first-order valence-electron chi connectivity index (χ1n) is 5.34. The largest absolute Gasteiger partial charge is 0.346 e. The summed E-state index contributed by atoms with van der Waals surface area (Å²) in [7, 11) is 0. The maximum absolute atomic E-state index is 4.38. The monoisotopic (exact) mass is 212 g/mol. The minimum Gasteiger partial charge on any atom is -0.346 e. The molecule has 80 valence electrons. The standard InChI is InChI=1S/C12H12N4/c1-2-5-13-12-11(4-6-14-12)10(3-1)9-7-15-16-8-9/h2,4-8H,1,3H2,(H,13,14)(H,15,16). The fourth-order valence-electron chi connectivity index (χ4n) is 1.99. The predicted molar refractivity (Wildman–Crippen MR) is 61.0 cm³/mol. The van der Waals surface area contributed by atoms with Crippen molar-refractivity contribution >= 4 is 5.57 Å². The third-order valence-corrected chi connectivity index (χ3v) is 2.77. The Morgan fingerprint density at radius 1 is 1.31 bits per heavy atom. The highest BCUT2D eigenvalue weighted by Gasteiger charge is 2.06. The predicted octanol–water partition coefficient (Wildman–Crippen LogP) is 0.864. The quantitative estimate of drug-likeness (QED) is 0.724. The molecule has 1 aliphatic heterocycles. The minimum absolute atomic E-state index is 0.923. The molecule has 16 heavy (non-hydrogen) atoms. The lowest BCUT2D eigenvalue weighted by molar-refractivity contribution is 1.03. The van der Waals surface area contributed by atoms with Crippen LogP contribution in [0, 0.1) is 0 Å². The first-order chi connectivity index (χ1) is 7.95. The van der Waals surface area contributed by atoms with Crippen molar-refractivity contribution in [1.82, 2.24) is 15.2 Å². The molecule has 0 unspecified atom stereocenters. The highest BCUT2D eigenvalue weighted by Crippen LogP contribution is 2.15. The van der Waals surface area contributed by atoms with Gasteiger partial charge in [0.1, 0.15) is 5.49 Å². The molecule has 3 heterocycles. The van der Waals surface area contributed by atoms with Crippen LogP contribution in [0.5, 0.6) is 0 Å². The third-order valence-electron chi connectivity index (χ3n) is 2.77. The van der Waals surface area contributed by atoms with Crippen LogP contribution >= 0.6 is 0 Å². The van der Waals surface area contributed by atoms with Gasteiger partial charge in [0.15, 0.2) is 0 Å². The summed E-state index contributed by atoms with van der Waals surface area (Å²) in [5.74, 6) is 0. The van der Waals surface area contributed by atoms with Gasteiger partial charge in [-0.3, -0.25) is 5.10 Å². The molecule has 2 aromatic heterocycles. The highest BCUT2D eigenvalue weighted by atomic mass is 15.1. The Morgan fingerprint density at radius 2 is 2.31 bits per heavy atom. The Balaban J connectivity index is 2.33. The van der Waals surface area contributed by atoms with Gasteiger partial charge < -0.3 is 4.98 Å². The number of aromatic nitrogens is 3. The topological polar surface area (TPSA) is 56.8 Å². The zero-order valence-corrected chi connectivity index (χ0v) is 8.77. The molecule has 2 N–H and O–H groups in total. The number of rotatable bonds is 1. The van der Waals surface area contributed by atoms with Crippen LogP contribution in [0.1, 0.15) is 18.4 Å². The molecule has 0 saturated heterocycles. The summed E-state index contributed by atoms with van der Waals surface area (Å²) in [5, 5.41) is 8.03. The first-order valence-corrected chi connectivity index (χ1v) is 5.34. The maximum atomic E-state index is 4.38. The fraction of sp³-hybridized carbons (Fsp3) is 0.167. The Kier molecular flexibility index (Phi) is 2.18. The van der Waals surface area contributed by atoms with Gasteiger partial charge in [-0.05, 0) is 24.5 Å². The number of hydrogen-bond donors (Lipinski definition) is 2. The molecule has 2 aromatic rings. The van der Waals surface area contributed by atoms with Gasteiger partial charge in [0, 0.05) is 29.4 Å². The minimum atomic E-state index is 0.923. The van der Waals surface area contributed by atoms with Crippen LogP contribution in [-0.4, -0.2) is 15.2 Å². The van der Waals surface area contributed by atoms with Gasteiger partial charge in [-0.2, -0.15) is 5.10 Å². The van der Waals surface area contributed by atoms with Gasteiger partial charge >= 0.3 is 0 Å². The molecule has 0 bridgehead atoms. The Labute approximate surface area is 92.4 Å². The van der Waals surface area contributed by atoms with Gasteiger partial charge in [-0.25, -0.2) is 4.99 Å². The molecule has 0 amide bonds. The number of fused-ring (bicyclic) bond motifs is 1. The van der Waals surface area contributed by atoms with Crippen molar-refractivity contribution in [2.24, 2.45) is 4.99 Å². The second-order valence-corrected chi connectivity index (χ2v) is 3.76. The molecule has 0 atom stereocenters. The van der Waals surface area contributed by atoms with Gasteiger partial charge in [-0.15, -0.1) is 0 Å². The lowest BCUT2D eigenvalue weighted by Gasteiger charge is -2.03. The van der Waals surface area contributed by atoms with Crippen LogP contribution in [0.4, 0.5) is 0 Å². The number of aromatic amines is 2. The molecule has 4 heteroatoms. The molecule has 3 rings (SSSR count). The number of allylic oxidation sites excluding steroid dienone is 1. The number of hydrogen-bond acceptors (Lipinski definition) is 2. The summed E-state index contributed by atoms with van der Waals surface area (Å²) in [6.45, 7) is 0. The summed E-state index contributed by atoms with van der Waals surface area (Å²) in [6.07, 6.45) is 11.7. The molecular formula is C12H12N4. The lowest BCUT2D eigenvalue weighted by atomic mass is 10.0. The number of H-pyrrole nitrogens is 2. The smallest absolute Gasteiger partial charge is 0.137 e. The average molecular weight is 212 g/mol. The summed E-state index contributed by atoms with van der Waals surface area (Å²) in [6, 6.07) is 2.07. The highest BCUT2D eigenvalue weighted by molar-refractivity contribution is 5.64. The van der Waals surface area contributed by atoms with Gasteiger partial charge in [0.05, 0.1) is 6.20 Å². The molecular weight excluding hydrogens is 200 g/mol. The van der Waals surface area contributed by atoms with E-state index in [0.717, 1.165) is 23.9 Å². The molecule has 0 spiro atoms. The van der Waals surface area contributed by atoms with E-state index in [2.05, 4.69) is 32.3 Å². The Morgan fingerprint density at radius 3 is 3.19 bits per heavy atom. The number of nitrogens with zero attached hydrogens (tertiary/aromatic N) is 2. The van der Waals surface area contributed by atoms with Gasteiger partial charge in [0.2, 0.25) is 0 Å². The van der Waals surface area contributed by atoms with E-state index < -0.39 is 0 Å². The van der Waals surface area contributed by atoms with E-state index in [9.17, 15) is 0 Å². The van der Waals surface area contributed by atoms with Crippen molar-refractivity contribution in [1.29, 1.82) is 0 Å². The van der Waals surface area contributed by atoms with Crippen molar-refractivity contribution in [3.8, 4) is 0 Å². The van der Waals surface area contributed by atoms with Crippen LogP contribution in [0.2, 0.25) is 0 Å². The van der Waals surface area contributed by atoms with Crippen molar-refractivity contribution in [3.63, 3.8) is 0 Å². The van der Waals surface area contributed by atoms with Crippen molar-refractivity contribution < 1.29 is 0 Å². The second-order valence-electron chi connectivity index (χ2n) is 3.76. The SMILES string of the molecule is C1=CN=c2[nH]ccc2=C(c2cn[nH]c2)CC1. The van der Waals surface area contributed by atoms with Gasteiger partial charge in [-0.1, -0.05) is 6.08 Å². The molecule has 0 saturated carbocycles. The first kappa shape index (κ1) is 9.15. The van der Waals surface area contributed by atoms with Crippen LogP contribution in [-0.2, 0) is 0 Å². The van der Waals surface area contributed by atoms with E-state index in [1.165, 1.54) is 10.8 Å². The maximum Gasteiger partial charge on any atom is 0.137 e. The van der Waals surface area contributed by atoms with Crippen molar-refractivity contribution in [3.05, 3.63) is 53.2 Å². The normalized spacial score (nSPS) is 15.1. The summed E-state index contributed by atoms with van der Waals surface area (Å²) >= 11 is 0. The van der Waals surface area contributed by atoms with Crippen LogP contribution in [0.3, 0.4) is 0 Å².